The van der Waals surface area contributed by atoms with Crippen molar-refractivity contribution in [1.82, 2.24) is 10.2 Å². The summed E-state index contributed by atoms with van der Waals surface area (Å²) in [6.07, 6.45) is 9.18. The summed E-state index contributed by atoms with van der Waals surface area (Å²) >= 11 is 0. The van der Waals surface area contributed by atoms with Crippen molar-refractivity contribution in [3.63, 3.8) is 0 Å². The smallest absolute Gasteiger partial charge is 0.346 e. The largest absolute Gasteiger partial charge is 0.496 e. The van der Waals surface area contributed by atoms with Gasteiger partial charge in [-0.15, -0.1) is 0 Å². The highest BCUT2D eigenvalue weighted by molar-refractivity contribution is 6.22. The van der Waals surface area contributed by atoms with Crippen molar-refractivity contribution in [2.45, 2.75) is 69.9 Å². The molecule has 1 aromatic rings. The lowest BCUT2D eigenvalue weighted by Gasteiger charge is -2.44. The van der Waals surface area contributed by atoms with Crippen LogP contribution in [-0.2, 0) is 20.9 Å². The molecular weight excluding hydrogens is 462 g/mol. The van der Waals surface area contributed by atoms with Crippen LogP contribution < -0.4 is 15.8 Å². The van der Waals surface area contributed by atoms with Gasteiger partial charge in [0.15, 0.2) is 0 Å². The molecule has 1 aromatic carbocycles. The number of nitrogens with two attached hydrogens (primary N) is 1. The van der Waals surface area contributed by atoms with E-state index >= 15 is 0 Å². The van der Waals surface area contributed by atoms with Crippen LogP contribution in [0.15, 0.2) is 23.2 Å². The third-order valence-corrected chi connectivity index (χ3v) is 7.36. The van der Waals surface area contributed by atoms with E-state index < -0.39 is 11.5 Å². The number of carboxylic acids is 1. The molecule has 0 aromatic heterocycles. The van der Waals surface area contributed by atoms with E-state index in [2.05, 4.69) is 10.3 Å². The number of aliphatic carboxylic acids is 1. The first-order valence-corrected chi connectivity index (χ1v) is 12.6. The number of aliphatic imine (C=N–C) groups is 1. The second kappa shape index (κ2) is 12.5. The Balaban J connectivity index is 1.87. The summed E-state index contributed by atoms with van der Waals surface area (Å²) in [6.45, 7) is 0.351. The predicted molar refractivity (Wildman–Crippen MR) is 136 cm³/mol. The molecule has 0 spiro atoms. The Hall–Kier alpha value is -3.43. The Morgan fingerprint density at radius 2 is 1.92 bits per heavy atom. The summed E-state index contributed by atoms with van der Waals surface area (Å²) in [7, 11) is 1.52. The number of nitrogen functional groups attached to an aromatic ring is 1. The summed E-state index contributed by atoms with van der Waals surface area (Å²) in [5, 5.41) is 19.6. The van der Waals surface area contributed by atoms with Crippen LogP contribution >= 0.6 is 0 Å². The van der Waals surface area contributed by atoms with Gasteiger partial charge in [-0.05, 0) is 37.7 Å². The van der Waals surface area contributed by atoms with Crippen molar-refractivity contribution in [3.05, 3.63) is 29.3 Å². The maximum absolute atomic E-state index is 14.0. The molecule has 1 atom stereocenters. The molecule has 1 aliphatic carbocycles. The number of likely N-dealkylation sites (tertiary alicyclic amines) is 1. The molecule has 2 fully saturated rings. The van der Waals surface area contributed by atoms with Gasteiger partial charge in [-0.2, -0.15) is 0 Å². The number of benzene rings is 1. The first-order valence-electron chi connectivity index (χ1n) is 12.6. The monoisotopic (exact) mass is 499 g/mol. The van der Waals surface area contributed by atoms with E-state index in [-0.39, 0.29) is 36.7 Å². The summed E-state index contributed by atoms with van der Waals surface area (Å²) in [5.74, 6) is -1.26. The molecule has 36 heavy (non-hydrogen) atoms. The van der Waals surface area contributed by atoms with Gasteiger partial charge >= 0.3 is 5.97 Å². The molecule has 0 radical (unpaired) electrons. The summed E-state index contributed by atoms with van der Waals surface area (Å²) in [4.78, 5) is 43.4. The van der Waals surface area contributed by atoms with E-state index in [1.807, 2.05) is 0 Å². The SMILES string of the molecule is COc1cc(C(=N)N)ccc1CNC(=O)[C@]1(C2CCCCCCC2)CCCN1C(=O)CN=CC(=O)O. The van der Waals surface area contributed by atoms with Gasteiger partial charge in [0.25, 0.3) is 0 Å². The van der Waals surface area contributed by atoms with Crippen molar-refractivity contribution >= 4 is 29.8 Å². The Morgan fingerprint density at radius 1 is 1.22 bits per heavy atom. The Kier molecular flexibility index (Phi) is 9.44. The van der Waals surface area contributed by atoms with Crippen LogP contribution in [-0.4, -0.2) is 65.6 Å². The summed E-state index contributed by atoms with van der Waals surface area (Å²) < 4.78 is 5.46. The number of hydrogen-bond donors (Lipinski definition) is 4. The van der Waals surface area contributed by atoms with E-state index in [0.29, 0.717) is 30.7 Å². The van der Waals surface area contributed by atoms with Crippen molar-refractivity contribution < 1.29 is 24.2 Å². The van der Waals surface area contributed by atoms with Crippen molar-refractivity contribution in [1.29, 1.82) is 5.41 Å². The van der Waals surface area contributed by atoms with E-state index in [1.165, 1.54) is 13.5 Å². The maximum Gasteiger partial charge on any atom is 0.346 e. The van der Waals surface area contributed by atoms with E-state index in [4.69, 9.17) is 21.0 Å². The lowest BCUT2D eigenvalue weighted by molar-refractivity contribution is -0.148. The second-order valence-corrected chi connectivity index (χ2v) is 9.55. The highest BCUT2D eigenvalue weighted by atomic mass is 16.5. The first kappa shape index (κ1) is 27.2. The third kappa shape index (κ3) is 6.22. The fourth-order valence-corrected chi connectivity index (χ4v) is 5.64. The molecule has 1 saturated carbocycles. The average Bonchev–Trinajstić information content (AvgIpc) is 3.28. The minimum absolute atomic E-state index is 0.0229. The zero-order valence-electron chi connectivity index (χ0n) is 20.9. The van der Waals surface area contributed by atoms with Crippen LogP contribution in [0.2, 0.25) is 0 Å². The van der Waals surface area contributed by atoms with Crippen LogP contribution in [0.4, 0.5) is 0 Å². The number of hydrogen-bond acceptors (Lipinski definition) is 6. The molecule has 196 valence electrons. The van der Waals surface area contributed by atoms with Crippen molar-refractivity contribution in [3.8, 4) is 5.75 Å². The topological polar surface area (TPSA) is 158 Å². The highest BCUT2D eigenvalue weighted by Gasteiger charge is 2.53. The van der Waals surface area contributed by atoms with Gasteiger partial charge in [-0.3, -0.25) is 20.0 Å². The molecule has 1 heterocycles. The number of amidine groups is 1. The van der Waals surface area contributed by atoms with Crippen LogP contribution in [0.25, 0.3) is 0 Å². The molecule has 0 bridgehead atoms. The van der Waals surface area contributed by atoms with Crippen LogP contribution in [0.5, 0.6) is 5.75 Å². The van der Waals surface area contributed by atoms with Crippen molar-refractivity contribution in [2.75, 3.05) is 20.2 Å². The van der Waals surface area contributed by atoms with Gasteiger partial charge in [0.05, 0.1) is 7.11 Å². The fraction of sp³-hybridized carbons (Fsp3) is 0.577. The summed E-state index contributed by atoms with van der Waals surface area (Å²) in [5.41, 5.74) is 5.87. The van der Waals surface area contributed by atoms with E-state index in [9.17, 15) is 14.4 Å². The number of carboxylic acid groups (broad SMARTS) is 1. The molecule has 3 rings (SSSR count). The van der Waals surface area contributed by atoms with Crippen LogP contribution in [0.1, 0.15) is 68.9 Å². The quantitative estimate of drug-likeness (QED) is 0.302. The third-order valence-electron chi connectivity index (χ3n) is 7.36. The molecule has 1 saturated heterocycles. The zero-order chi connectivity index (χ0) is 26.1. The number of nitrogens with zero attached hydrogens (tertiary/aromatic N) is 2. The van der Waals surface area contributed by atoms with E-state index in [1.54, 1.807) is 23.1 Å². The standard InChI is InChI=1S/C26H37N5O5/c1-36-21-14-18(24(27)28)10-11-19(21)15-30-25(35)26(20-8-5-3-2-4-6-9-20)12-7-13-31(26)22(32)16-29-17-23(33)34/h10-11,14,17,20H,2-9,12-13,15-16H2,1H3,(H3,27,28)(H,30,35)(H,33,34)/t26-/m1/s1. The minimum atomic E-state index is -1.21. The van der Waals surface area contributed by atoms with E-state index in [0.717, 1.165) is 50.3 Å². The first-order chi connectivity index (χ1) is 17.3. The average molecular weight is 500 g/mol. The Bertz CT molecular complexity index is 1000. The van der Waals surface area contributed by atoms with Gasteiger partial charge < -0.3 is 25.8 Å². The van der Waals surface area contributed by atoms with Gasteiger partial charge in [0.2, 0.25) is 11.8 Å². The number of methoxy groups -OCH3 is 1. The molecule has 10 nitrogen and oxygen atoms in total. The number of rotatable bonds is 9. The molecular formula is C26H37N5O5. The number of carbonyl (C=O) groups excluding carboxylic acids is 2. The minimum Gasteiger partial charge on any atom is -0.496 e. The molecule has 5 N–H and O–H groups in total. The molecule has 0 unspecified atom stereocenters. The molecule has 2 aliphatic rings. The highest BCUT2D eigenvalue weighted by Crippen LogP contribution is 2.42. The van der Waals surface area contributed by atoms with Crippen molar-refractivity contribution in [2.24, 2.45) is 16.6 Å². The fourth-order valence-electron chi connectivity index (χ4n) is 5.64. The summed E-state index contributed by atoms with van der Waals surface area (Å²) in [6, 6.07) is 5.15. The second-order valence-electron chi connectivity index (χ2n) is 9.55. The van der Waals surface area contributed by atoms with Gasteiger partial charge in [-0.1, -0.05) is 44.2 Å². The normalized spacial score (nSPS) is 21.1. The number of carbonyl (C=O) groups is 3. The predicted octanol–water partition coefficient (Wildman–Crippen LogP) is 2.47. The maximum atomic E-state index is 14.0. The molecule has 1 aliphatic heterocycles. The number of nitrogens with one attached hydrogen (secondary N) is 2. The number of ether oxygens (including phenoxy) is 1. The van der Waals surface area contributed by atoms with Crippen LogP contribution in [0, 0.1) is 11.3 Å². The van der Waals surface area contributed by atoms with Gasteiger partial charge in [-0.25, -0.2) is 4.79 Å². The molecule has 10 heteroatoms. The van der Waals surface area contributed by atoms with Gasteiger partial charge in [0, 0.05) is 24.2 Å². The molecule has 2 amide bonds. The lowest BCUT2D eigenvalue weighted by atomic mass is 9.73. The number of amides is 2. The Labute approximate surface area is 211 Å². The van der Waals surface area contributed by atoms with Crippen LogP contribution in [0.3, 0.4) is 0 Å². The zero-order valence-corrected chi connectivity index (χ0v) is 20.9. The Morgan fingerprint density at radius 3 is 2.56 bits per heavy atom. The lowest BCUT2D eigenvalue weighted by Crippen LogP contribution is -2.62. The van der Waals surface area contributed by atoms with Gasteiger partial charge in [0.1, 0.15) is 29.9 Å².